The van der Waals surface area contributed by atoms with E-state index in [9.17, 15) is 22.8 Å². The number of halogens is 3. The Morgan fingerprint density at radius 1 is 0.698 bits per heavy atom. The Hall–Kier alpha value is -5.83. The number of unbranched alkanes of at least 4 members (excludes halogenated alkanes) is 9. The lowest BCUT2D eigenvalue weighted by Crippen LogP contribution is -2.55. The normalized spacial score (nSPS) is 12.9. The third kappa shape index (κ3) is 10.8. The van der Waals surface area contributed by atoms with Crippen molar-refractivity contribution in [2.24, 2.45) is 5.10 Å². The molecule has 275 valence electrons. The van der Waals surface area contributed by atoms with Crippen molar-refractivity contribution in [1.82, 2.24) is 5.43 Å². The predicted molar refractivity (Wildman–Crippen MR) is 198 cm³/mol. The summed E-state index contributed by atoms with van der Waals surface area (Å²) >= 11 is 0. The second-order valence-electron chi connectivity index (χ2n) is 12.6. The maximum Gasteiger partial charge on any atom is 0.455 e. The van der Waals surface area contributed by atoms with Crippen LogP contribution in [0.25, 0.3) is 11.1 Å². The lowest BCUT2D eigenvalue weighted by Gasteiger charge is -2.32. The minimum atomic E-state index is -4.96. The van der Waals surface area contributed by atoms with E-state index in [1.165, 1.54) is 106 Å². The van der Waals surface area contributed by atoms with Gasteiger partial charge in [0.2, 0.25) is 0 Å². The molecule has 1 aliphatic heterocycles. The van der Waals surface area contributed by atoms with Crippen LogP contribution in [0.15, 0.2) is 102 Å². The van der Waals surface area contributed by atoms with E-state index in [4.69, 9.17) is 14.7 Å². The summed E-state index contributed by atoms with van der Waals surface area (Å²) in [6.45, 7) is 2.93. The van der Waals surface area contributed by atoms with E-state index in [0.717, 1.165) is 23.3 Å². The fourth-order valence-corrected chi connectivity index (χ4v) is 5.65. The molecule has 0 aromatic heterocycles. The number of rotatable bonds is 17. The Morgan fingerprint density at radius 3 is 1.77 bits per heavy atom. The molecule has 9 nitrogen and oxygen atoms in total. The van der Waals surface area contributed by atoms with E-state index < -0.39 is 24.0 Å². The van der Waals surface area contributed by atoms with Crippen LogP contribution in [0.1, 0.15) is 87.1 Å². The first-order valence-corrected chi connectivity index (χ1v) is 17.8. The summed E-state index contributed by atoms with van der Waals surface area (Å²) in [4.78, 5) is 26.1. The SMILES string of the molecule is CCCCCCCCCCCCOc1ccc(-c2ccc(C(=O)Oc3ccc(N4[N]C(C(F)(F)F)=NN(c5ccc(C#N)cc5)C4=O)cc3)cc2)cc1. The molecular formula is C41H41F3N5O4. The van der Waals surface area contributed by atoms with Crippen LogP contribution in [0.2, 0.25) is 0 Å². The van der Waals surface area contributed by atoms with E-state index in [-0.39, 0.29) is 22.7 Å². The summed E-state index contributed by atoms with van der Waals surface area (Å²) in [5, 5.41) is 13.5. The van der Waals surface area contributed by atoms with Gasteiger partial charge in [-0.15, -0.1) is 10.5 Å². The van der Waals surface area contributed by atoms with E-state index in [1.54, 1.807) is 12.1 Å². The van der Waals surface area contributed by atoms with Crippen molar-refractivity contribution < 1.29 is 32.2 Å². The van der Waals surface area contributed by atoms with Crippen LogP contribution in [-0.4, -0.2) is 30.6 Å². The zero-order valence-corrected chi connectivity index (χ0v) is 29.5. The average molecular weight is 725 g/mol. The molecule has 1 aliphatic rings. The molecule has 4 aromatic rings. The number of carbonyl (C=O) groups excluding carboxylic acids is 2. The predicted octanol–water partition coefficient (Wildman–Crippen LogP) is 10.6. The first-order valence-electron chi connectivity index (χ1n) is 17.8. The molecule has 4 aromatic carbocycles. The Morgan fingerprint density at radius 2 is 1.21 bits per heavy atom. The molecule has 0 atom stereocenters. The summed E-state index contributed by atoms with van der Waals surface area (Å²) in [5.74, 6) is -1.28. The molecule has 12 heteroatoms. The number of amides is 2. The quantitative estimate of drug-likeness (QED) is 0.0612. The zero-order chi connectivity index (χ0) is 37.6. The molecule has 0 saturated heterocycles. The molecule has 0 aliphatic carbocycles. The second-order valence-corrected chi connectivity index (χ2v) is 12.6. The lowest BCUT2D eigenvalue weighted by molar-refractivity contribution is -0.0625. The molecule has 0 bridgehead atoms. The van der Waals surface area contributed by atoms with Gasteiger partial charge in [0.15, 0.2) is 0 Å². The maximum absolute atomic E-state index is 13.7. The molecule has 1 heterocycles. The fourth-order valence-electron chi connectivity index (χ4n) is 5.65. The van der Waals surface area contributed by atoms with Crippen molar-refractivity contribution in [2.75, 3.05) is 16.6 Å². The molecule has 0 fully saturated rings. The highest BCUT2D eigenvalue weighted by Crippen LogP contribution is 2.30. The van der Waals surface area contributed by atoms with Crippen LogP contribution in [0, 0.1) is 11.3 Å². The third-order valence-electron chi connectivity index (χ3n) is 8.61. The standard InChI is InChI=1S/C41H41F3N5O4/c1-2-3-4-5-6-7-8-9-10-11-28-52-36-24-18-32(19-25-36)31-14-16-33(17-15-31)38(50)53-37-26-22-35(23-27-37)49-40(51)48(46-39(47-49)41(42,43)44)34-20-12-30(29-45)13-21-34/h12-27H,2-11,28H2,1H3. The van der Waals surface area contributed by atoms with Gasteiger partial charge in [-0.3, -0.25) is 0 Å². The van der Waals surface area contributed by atoms with Gasteiger partial charge in [0.05, 0.1) is 35.2 Å². The van der Waals surface area contributed by atoms with Gasteiger partial charge in [-0.1, -0.05) is 89.0 Å². The van der Waals surface area contributed by atoms with Crippen LogP contribution < -0.4 is 24.9 Å². The topological polar surface area (TPSA) is 109 Å². The number of ether oxygens (including phenoxy) is 2. The number of hydrazone groups is 1. The van der Waals surface area contributed by atoms with E-state index in [1.807, 2.05) is 42.5 Å². The van der Waals surface area contributed by atoms with Gasteiger partial charge in [0.25, 0.3) is 5.84 Å². The van der Waals surface area contributed by atoms with Crippen LogP contribution in [0.5, 0.6) is 11.5 Å². The van der Waals surface area contributed by atoms with E-state index in [0.29, 0.717) is 22.2 Å². The number of nitrogens with zero attached hydrogens (tertiary/aromatic N) is 5. The fraction of sp³-hybridized carbons (Fsp3) is 0.317. The van der Waals surface area contributed by atoms with Crippen molar-refractivity contribution in [3.63, 3.8) is 0 Å². The number of urea groups is 1. The number of hydrogen-bond donors (Lipinski definition) is 0. The van der Waals surface area contributed by atoms with Gasteiger partial charge >= 0.3 is 18.2 Å². The number of amidine groups is 1. The van der Waals surface area contributed by atoms with Gasteiger partial charge in [-0.25, -0.2) is 9.59 Å². The van der Waals surface area contributed by atoms with Gasteiger partial charge in [-0.2, -0.15) is 28.5 Å². The monoisotopic (exact) mass is 724 g/mol. The molecular weight excluding hydrogens is 683 g/mol. The van der Waals surface area contributed by atoms with Gasteiger partial charge < -0.3 is 9.47 Å². The van der Waals surface area contributed by atoms with Crippen molar-refractivity contribution in [3.05, 3.63) is 108 Å². The molecule has 2 amide bonds. The zero-order valence-electron chi connectivity index (χ0n) is 29.5. The summed E-state index contributed by atoms with van der Waals surface area (Å²) < 4.78 is 52.5. The smallest absolute Gasteiger partial charge is 0.455 e. The van der Waals surface area contributed by atoms with Crippen LogP contribution >= 0.6 is 0 Å². The van der Waals surface area contributed by atoms with Crippen LogP contribution in [0.3, 0.4) is 0 Å². The molecule has 0 N–H and O–H groups in total. The summed E-state index contributed by atoms with van der Waals surface area (Å²) in [5.41, 5.74) is 5.82. The average Bonchev–Trinajstić information content (AvgIpc) is 3.17. The van der Waals surface area contributed by atoms with Crippen LogP contribution in [0.4, 0.5) is 29.3 Å². The Kier molecular flexibility index (Phi) is 13.5. The number of esters is 1. The van der Waals surface area contributed by atoms with Crippen LogP contribution in [-0.2, 0) is 0 Å². The summed E-state index contributed by atoms with van der Waals surface area (Å²) in [6, 6.07) is 26.2. The second kappa shape index (κ2) is 18.6. The maximum atomic E-state index is 13.7. The number of anilines is 2. The summed E-state index contributed by atoms with van der Waals surface area (Å²) in [6.07, 6.45) is 7.79. The molecule has 1 radical (unpaired) electrons. The first-order chi connectivity index (χ1) is 25.7. The van der Waals surface area contributed by atoms with Gasteiger partial charge in [0, 0.05) is 0 Å². The molecule has 53 heavy (non-hydrogen) atoms. The Labute approximate surface area is 307 Å². The first kappa shape index (κ1) is 38.4. The highest BCUT2D eigenvalue weighted by Gasteiger charge is 2.45. The van der Waals surface area contributed by atoms with Gasteiger partial charge in [-0.05, 0) is 90.3 Å². The lowest BCUT2D eigenvalue weighted by atomic mass is 10.0. The van der Waals surface area contributed by atoms with Crippen molar-refractivity contribution in [3.8, 4) is 28.7 Å². The summed E-state index contributed by atoms with van der Waals surface area (Å²) in [7, 11) is 0. The van der Waals surface area contributed by atoms with Crippen molar-refractivity contribution in [1.29, 1.82) is 5.26 Å². The molecule has 0 saturated carbocycles. The van der Waals surface area contributed by atoms with E-state index in [2.05, 4.69) is 17.5 Å². The Bertz CT molecular complexity index is 1870. The molecule has 0 spiro atoms. The van der Waals surface area contributed by atoms with Crippen molar-refractivity contribution >= 4 is 29.2 Å². The van der Waals surface area contributed by atoms with Crippen molar-refractivity contribution in [2.45, 2.75) is 77.3 Å². The highest BCUT2D eigenvalue weighted by molar-refractivity contribution is 6.10. The number of benzene rings is 4. The minimum absolute atomic E-state index is 0.00747. The number of alkyl halides is 3. The minimum Gasteiger partial charge on any atom is -0.494 e. The molecule has 5 rings (SSSR count). The largest absolute Gasteiger partial charge is 0.494 e. The Balaban J connectivity index is 1.11. The number of nitriles is 1. The number of hydrogen-bond acceptors (Lipinski definition) is 6. The highest BCUT2D eigenvalue weighted by atomic mass is 19.4. The molecule has 0 unspecified atom stereocenters. The number of carbonyl (C=O) groups is 2. The van der Waals surface area contributed by atoms with E-state index >= 15 is 0 Å². The third-order valence-corrected chi connectivity index (χ3v) is 8.61. The van der Waals surface area contributed by atoms with Gasteiger partial charge in [0.1, 0.15) is 11.5 Å².